The van der Waals surface area contributed by atoms with Crippen LogP contribution in [0.1, 0.15) is 11.3 Å². The van der Waals surface area contributed by atoms with E-state index >= 15 is 0 Å². The Hall–Kier alpha value is -4.93. The van der Waals surface area contributed by atoms with Crippen molar-refractivity contribution in [3.63, 3.8) is 0 Å². The molecule has 178 valence electrons. The second kappa shape index (κ2) is 8.69. The molecule has 0 aliphatic rings. The van der Waals surface area contributed by atoms with Crippen LogP contribution < -0.4 is 5.32 Å². The molecule has 0 atom stereocenters. The normalized spacial score (nSPS) is 11.3. The molecule has 5 heterocycles. The van der Waals surface area contributed by atoms with E-state index in [9.17, 15) is 4.39 Å². The molecule has 0 saturated carbocycles. The third kappa shape index (κ3) is 4.06. The molecule has 10 nitrogen and oxygen atoms in total. The van der Waals surface area contributed by atoms with Gasteiger partial charge >= 0.3 is 0 Å². The average Bonchev–Trinajstić information content (AvgIpc) is 3.58. The van der Waals surface area contributed by atoms with Crippen molar-refractivity contribution < 1.29 is 4.39 Å². The minimum absolute atomic E-state index is 0.264. The number of rotatable bonds is 6. The van der Waals surface area contributed by atoms with Gasteiger partial charge in [-0.2, -0.15) is 10.2 Å². The molecule has 0 saturated heterocycles. The fourth-order valence-corrected chi connectivity index (χ4v) is 4.13. The number of halogens is 1. The highest BCUT2D eigenvalue weighted by Crippen LogP contribution is 2.27. The molecular weight excluding hydrogens is 459 g/mol. The number of anilines is 2. The molecule has 1 N–H and O–H groups in total. The number of nitrogens with one attached hydrogen (secondary N) is 1. The van der Waals surface area contributed by atoms with E-state index in [-0.39, 0.29) is 5.82 Å². The topological polar surface area (TPSA) is 104 Å². The zero-order valence-electron chi connectivity index (χ0n) is 19.5. The molecule has 0 bridgehead atoms. The lowest BCUT2D eigenvalue weighted by Gasteiger charge is -2.07. The number of hydrogen-bond acceptors (Lipinski definition) is 7. The third-order valence-electron chi connectivity index (χ3n) is 5.89. The van der Waals surface area contributed by atoms with E-state index in [1.807, 2.05) is 55.2 Å². The minimum Gasteiger partial charge on any atom is -0.321 e. The zero-order chi connectivity index (χ0) is 24.6. The van der Waals surface area contributed by atoms with Crippen molar-refractivity contribution in [3.8, 4) is 22.6 Å². The molecule has 1 aromatic carbocycles. The van der Waals surface area contributed by atoms with Crippen LogP contribution in [-0.4, -0.2) is 44.1 Å². The number of pyridine rings is 1. The predicted molar refractivity (Wildman–Crippen MR) is 132 cm³/mol. The van der Waals surface area contributed by atoms with E-state index < -0.39 is 0 Å². The quantitative estimate of drug-likeness (QED) is 0.387. The summed E-state index contributed by atoms with van der Waals surface area (Å²) in [5.74, 6) is 0.873. The van der Waals surface area contributed by atoms with Gasteiger partial charge in [0.2, 0.25) is 5.95 Å². The predicted octanol–water partition coefficient (Wildman–Crippen LogP) is 3.79. The Morgan fingerprint density at radius 1 is 1.00 bits per heavy atom. The summed E-state index contributed by atoms with van der Waals surface area (Å²) >= 11 is 0. The van der Waals surface area contributed by atoms with E-state index in [1.54, 1.807) is 34.0 Å². The Balaban J connectivity index is 1.32. The van der Waals surface area contributed by atoms with Gasteiger partial charge in [0.15, 0.2) is 11.5 Å². The van der Waals surface area contributed by atoms with E-state index in [0.717, 1.165) is 33.8 Å². The third-order valence-corrected chi connectivity index (χ3v) is 5.89. The molecule has 5 aromatic heterocycles. The first-order valence-corrected chi connectivity index (χ1v) is 11.2. The first-order chi connectivity index (χ1) is 17.5. The van der Waals surface area contributed by atoms with Crippen molar-refractivity contribution in [2.45, 2.75) is 6.42 Å². The number of benzene rings is 1. The smallest absolute Gasteiger partial charge is 0.227 e. The highest BCUT2D eigenvalue weighted by Gasteiger charge is 2.18. The van der Waals surface area contributed by atoms with Gasteiger partial charge < -0.3 is 5.32 Å². The van der Waals surface area contributed by atoms with Gasteiger partial charge in [0.05, 0.1) is 35.0 Å². The summed E-state index contributed by atoms with van der Waals surface area (Å²) < 4.78 is 19.1. The van der Waals surface area contributed by atoms with Crippen LogP contribution in [0.3, 0.4) is 0 Å². The Morgan fingerprint density at radius 2 is 1.92 bits per heavy atom. The molecule has 11 heteroatoms. The molecule has 0 aliphatic carbocycles. The molecule has 0 radical (unpaired) electrons. The van der Waals surface area contributed by atoms with Gasteiger partial charge in [0.25, 0.3) is 0 Å². The van der Waals surface area contributed by atoms with E-state index in [4.69, 9.17) is 0 Å². The summed E-state index contributed by atoms with van der Waals surface area (Å²) in [5.41, 5.74) is 5.71. The lowest BCUT2D eigenvalue weighted by Crippen LogP contribution is -2.02. The van der Waals surface area contributed by atoms with Crippen LogP contribution >= 0.6 is 0 Å². The number of fused-ring (bicyclic) bond motifs is 1. The van der Waals surface area contributed by atoms with Gasteiger partial charge in [-0.1, -0.05) is 12.1 Å². The molecule has 36 heavy (non-hydrogen) atoms. The van der Waals surface area contributed by atoms with Crippen molar-refractivity contribution in [2.24, 2.45) is 14.1 Å². The van der Waals surface area contributed by atoms with Crippen LogP contribution in [0.4, 0.5) is 16.0 Å². The maximum absolute atomic E-state index is 13.7. The Morgan fingerprint density at radius 3 is 2.75 bits per heavy atom. The molecular formula is C25H21FN10. The minimum atomic E-state index is -0.264. The van der Waals surface area contributed by atoms with Crippen LogP contribution in [0.15, 0.2) is 73.4 Å². The van der Waals surface area contributed by atoms with Gasteiger partial charge in [0.1, 0.15) is 5.82 Å². The summed E-state index contributed by atoms with van der Waals surface area (Å²) in [7, 11) is 3.71. The summed E-state index contributed by atoms with van der Waals surface area (Å²) in [4.78, 5) is 8.93. The highest BCUT2D eigenvalue weighted by atomic mass is 19.1. The zero-order valence-corrected chi connectivity index (χ0v) is 19.5. The maximum Gasteiger partial charge on any atom is 0.227 e. The number of hydrogen-bond donors (Lipinski definition) is 1. The molecule has 6 aromatic rings. The highest BCUT2D eigenvalue weighted by molar-refractivity contribution is 5.68. The van der Waals surface area contributed by atoms with Crippen LogP contribution in [-0.2, 0) is 20.5 Å². The first-order valence-electron chi connectivity index (χ1n) is 11.2. The SMILES string of the molecule is Cn1cc(Nc2nccc(-c3ccn4c(-c5cnn(C)c5Cc5cccc(F)c5)nnc4c3)n2)cn1. The molecule has 0 fully saturated rings. The Labute approximate surface area is 205 Å². The Bertz CT molecular complexity index is 1700. The van der Waals surface area contributed by atoms with E-state index in [0.29, 0.717) is 23.8 Å². The fourth-order valence-electron chi connectivity index (χ4n) is 4.13. The second-order valence-electron chi connectivity index (χ2n) is 8.40. The van der Waals surface area contributed by atoms with E-state index in [2.05, 4.69) is 35.7 Å². The average molecular weight is 481 g/mol. The van der Waals surface area contributed by atoms with Crippen LogP contribution in [0.2, 0.25) is 0 Å². The van der Waals surface area contributed by atoms with Gasteiger partial charge in [0, 0.05) is 44.7 Å². The fraction of sp³-hybridized carbons (Fsp3) is 0.120. The summed E-state index contributed by atoms with van der Waals surface area (Å²) in [6.07, 6.45) is 9.45. The van der Waals surface area contributed by atoms with Crippen molar-refractivity contribution in [2.75, 3.05) is 5.32 Å². The summed E-state index contributed by atoms with van der Waals surface area (Å²) in [6.45, 7) is 0. The van der Waals surface area contributed by atoms with Crippen LogP contribution in [0, 0.1) is 5.82 Å². The Kier molecular flexibility index (Phi) is 5.21. The lowest BCUT2D eigenvalue weighted by atomic mass is 10.1. The van der Waals surface area contributed by atoms with Gasteiger partial charge in [-0.3, -0.25) is 13.8 Å². The van der Waals surface area contributed by atoms with Crippen molar-refractivity contribution in [1.29, 1.82) is 0 Å². The van der Waals surface area contributed by atoms with Crippen molar-refractivity contribution in [3.05, 3.63) is 90.5 Å². The molecule has 6 rings (SSSR count). The second-order valence-corrected chi connectivity index (χ2v) is 8.40. The number of aryl methyl sites for hydroxylation is 2. The van der Waals surface area contributed by atoms with Gasteiger partial charge in [-0.25, -0.2) is 14.4 Å². The van der Waals surface area contributed by atoms with Crippen LogP contribution in [0.5, 0.6) is 0 Å². The first kappa shape index (κ1) is 21.6. The number of aromatic nitrogens is 9. The maximum atomic E-state index is 13.7. The van der Waals surface area contributed by atoms with Crippen molar-refractivity contribution >= 4 is 17.3 Å². The summed E-state index contributed by atoms with van der Waals surface area (Å²) in [5, 5.41) is 20.6. The monoisotopic (exact) mass is 480 g/mol. The van der Waals surface area contributed by atoms with E-state index in [1.165, 1.54) is 12.1 Å². The molecule has 0 aliphatic heterocycles. The lowest BCUT2D eigenvalue weighted by molar-refractivity contribution is 0.625. The molecule has 0 amide bonds. The van der Waals surface area contributed by atoms with Gasteiger partial charge in [-0.05, 0) is 35.9 Å². The summed E-state index contributed by atoms with van der Waals surface area (Å²) in [6, 6.07) is 12.3. The molecule has 0 unspecified atom stereocenters. The molecule has 0 spiro atoms. The van der Waals surface area contributed by atoms with Gasteiger partial charge in [-0.15, -0.1) is 10.2 Å². The number of nitrogens with zero attached hydrogens (tertiary/aromatic N) is 9. The van der Waals surface area contributed by atoms with Crippen LogP contribution in [0.25, 0.3) is 28.3 Å². The largest absolute Gasteiger partial charge is 0.321 e. The standard InChI is InChI=1S/C25H21FN10/c1-34-15-19(13-28-34)30-25-27-8-6-21(31-25)17-7-9-36-23(12-17)32-33-24(36)20-14-29-35(2)22(20)11-16-4-3-5-18(26)10-16/h3-10,12-15H,11H2,1-2H3,(H,27,30,31). The van der Waals surface area contributed by atoms with Crippen molar-refractivity contribution in [1.82, 2.24) is 44.1 Å².